The number of nitrogens with one attached hydrogen (secondary N) is 1. The predicted molar refractivity (Wildman–Crippen MR) is 93.1 cm³/mol. The van der Waals surface area contributed by atoms with E-state index in [-0.39, 0.29) is 10.6 Å². The minimum absolute atomic E-state index is 0.0931. The molecule has 1 unspecified atom stereocenters. The fourth-order valence-corrected chi connectivity index (χ4v) is 2.86. The van der Waals surface area contributed by atoms with Gasteiger partial charge in [0.2, 0.25) is 0 Å². The maximum Gasteiger partial charge on any atom is 0.312 e. The van der Waals surface area contributed by atoms with Crippen molar-refractivity contribution in [3.8, 4) is 11.5 Å². The van der Waals surface area contributed by atoms with E-state index in [1.54, 1.807) is 25.6 Å². The number of quaternary nitrogens is 1. The van der Waals surface area contributed by atoms with Gasteiger partial charge >= 0.3 is 5.69 Å². The molecule has 136 valence electrons. The number of benzene rings is 1. The van der Waals surface area contributed by atoms with Gasteiger partial charge in [0, 0.05) is 5.56 Å². The fraction of sp³-hybridized carbons (Fsp3) is 0.471. The molecule has 1 aromatic heterocycles. The molecule has 2 aromatic rings. The van der Waals surface area contributed by atoms with Crippen molar-refractivity contribution in [1.29, 1.82) is 0 Å². The molecule has 1 N–H and O–H groups in total. The SMILES string of the molecule is CCOc1ccc(C[NH+](C)Cn2nc(C)c([N+](=O)[O-])c2C)cc1OC. The van der Waals surface area contributed by atoms with Crippen molar-refractivity contribution in [2.45, 2.75) is 34.0 Å². The van der Waals surface area contributed by atoms with Gasteiger partial charge in [-0.2, -0.15) is 5.10 Å². The van der Waals surface area contributed by atoms with Crippen LogP contribution in [0, 0.1) is 24.0 Å². The zero-order chi connectivity index (χ0) is 18.6. The van der Waals surface area contributed by atoms with E-state index in [0.717, 1.165) is 22.8 Å². The lowest BCUT2D eigenvalue weighted by Gasteiger charge is -2.16. The Balaban J connectivity index is 2.11. The van der Waals surface area contributed by atoms with Gasteiger partial charge < -0.3 is 14.4 Å². The van der Waals surface area contributed by atoms with Crippen molar-refractivity contribution < 1.29 is 19.3 Å². The summed E-state index contributed by atoms with van der Waals surface area (Å²) in [5.74, 6) is 1.43. The number of nitrogens with zero attached hydrogens (tertiary/aromatic N) is 3. The summed E-state index contributed by atoms with van der Waals surface area (Å²) in [5.41, 5.74) is 2.20. The number of aromatic nitrogens is 2. The van der Waals surface area contributed by atoms with Crippen LogP contribution in [0.25, 0.3) is 0 Å². The molecule has 8 nitrogen and oxygen atoms in total. The molecule has 0 fully saturated rings. The summed E-state index contributed by atoms with van der Waals surface area (Å²) in [6.45, 7) is 7.17. The lowest BCUT2D eigenvalue weighted by molar-refractivity contribution is -0.917. The molecule has 0 spiro atoms. The van der Waals surface area contributed by atoms with Crippen molar-refractivity contribution >= 4 is 5.69 Å². The van der Waals surface area contributed by atoms with E-state index in [1.807, 2.05) is 32.2 Å². The first-order valence-corrected chi connectivity index (χ1v) is 8.16. The van der Waals surface area contributed by atoms with Gasteiger partial charge in [-0.15, -0.1) is 0 Å². The van der Waals surface area contributed by atoms with Crippen molar-refractivity contribution in [2.75, 3.05) is 20.8 Å². The van der Waals surface area contributed by atoms with E-state index < -0.39 is 0 Å². The van der Waals surface area contributed by atoms with Crippen LogP contribution < -0.4 is 14.4 Å². The summed E-state index contributed by atoms with van der Waals surface area (Å²) < 4.78 is 12.6. The van der Waals surface area contributed by atoms with E-state index >= 15 is 0 Å². The average Bonchev–Trinajstić information content (AvgIpc) is 2.82. The zero-order valence-corrected chi connectivity index (χ0v) is 15.3. The second-order valence-corrected chi connectivity index (χ2v) is 5.99. The van der Waals surface area contributed by atoms with Gasteiger partial charge in [-0.3, -0.25) is 10.1 Å². The highest BCUT2D eigenvalue weighted by atomic mass is 16.6. The monoisotopic (exact) mass is 349 g/mol. The number of hydrogen-bond acceptors (Lipinski definition) is 5. The molecular formula is C17H25N4O4+. The third kappa shape index (κ3) is 4.27. The maximum absolute atomic E-state index is 11.1. The highest BCUT2D eigenvalue weighted by molar-refractivity contribution is 5.42. The highest BCUT2D eigenvalue weighted by Crippen LogP contribution is 2.27. The van der Waals surface area contributed by atoms with E-state index in [2.05, 4.69) is 5.10 Å². The first-order valence-electron chi connectivity index (χ1n) is 8.16. The highest BCUT2D eigenvalue weighted by Gasteiger charge is 2.23. The van der Waals surface area contributed by atoms with Crippen LogP contribution in [0.15, 0.2) is 18.2 Å². The van der Waals surface area contributed by atoms with Gasteiger partial charge in [-0.1, -0.05) is 0 Å². The Morgan fingerprint density at radius 3 is 2.60 bits per heavy atom. The second-order valence-electron chi connectivity index (χ2n) is 5.99. The second kappa shape index (κ2) is 7.98. The molecule has 0 radical (unpaired) electrons. The quantitative estimate of drug-likeness (QED) is 0.577. The average molecular weight is 349 g/mol. The summed E-state index contributed by atoms with van der Waals surface area (Å²) in [6.07, 6.45) is 0. The fourth-order valence-electron chi connectivity index (χ4n) is 2.86. The maximum atomic E-state index is 11.1. The molecule has 0 aliphatic carbocycles. The summed E-state index contributed by atoms with van der Waals surface area (Å²) in [5, 5.41) is 15.4. The predicted octanol–water partition coefficient (Wildman–Crippen LogP) is 1.49. The summed E-state index contributed by atoms with van der Waals surface area (Å²) in [6, 6.07) is 5.86. The standard InChI is InChI=1S/C17H24N4O4/c1-6-25-15-8-7-14(9-16(15)24-5)10-19(4)11-20-13(3)17(21(22)23)12(2)18-20/h7-9H,6,10-11H2,1-5H3/p+1. The topological polar surface area (TPSA) is 83.9 Å². The Kier molecular flexibility index (Phi) is 5.97. The van der Waals surface area contributed by atoms with Crippen LogP contribution in [0.1, 0.15) is 23.9 Å². The van der Waals surface area contributed by atoms with Crippen LogP contribution in [0.5, 0.6) is 11.5 Å². The minimum Gasteiger partial charge on any atom is -0.493 e. The molecule has 0 saturated heterocycles. The third-order valence-electron chi connectivity index (χ3n) is 3.98. The molecule has 0 amide bonds. The number of nitro groups is 1. The van der Waals surface area contributed by atoms with Crippen LogP contribution in [-0.4, -0.2) is 35.5 Å². The Morgan fingerprint density at radius 1 is 1.32 bits per heavy atom. The molecule has 0 aliphatic heterocycles. The first-order chi connectivity index (χ1) is 11.9. The van der Waals surface area contributed by atoms with E-state index in [1.165, 1.54) is 0 Å². The first kappa shape index (κ1) is 18.7. The molecule has 1 heterocycles. The molecule has 1 atom stereocenters. The summed E-state index contributed by atoms with van der Waals surface area (Å²) >= 11 is 0. The molecule has 25 heavy (non-hydrogen) atoms. The lowest BCUT2D eigenvalue weighted by Crippen LogP contribution is -3.07. The van der Waals surface area contributed by atoms with Crippen LogP contribution in [0.4, 0.5) is 5.69 Å². The van der Waals surface area contributed by atoms with Gasteiger partial charge in [0.15, 0.2) is 18.2 Å². The van der Waals surface area contributed by atoms with Gasteiger partial charge in [0.05, 0.1) is 25.7 Å². The Labute approximate surface area is 147 Å². The molecule has 0 saturated carbocycles. The smallest absolute Gasteiger partial charge is 0.312 e. The van der Waals surface area contributed by atoms with Gasteiger partial charge in [-0.05, 0) is 39.0 Å². The van der Waals surface area contributed by atoms with Crippen molar-refractivity contribution in [1.82, 2.24) is 9.78 Å². The third-order valence-corrected chi connectivity index (χ3v) is 3.98. The van der Waals surface area contributed by atoms with Crippen LogP contribution >= 0.6 is 0 Å². The molecule has 0 bridgehead atoms. The molecule has 0 aliphatic rings. The van der Waals surface area contributed by atoms with Gasteiger partial charge in [-0.25, -0.2) is 4.68 Å². The van der Waals surface area contributed by atoms with Gasteiger partial charge in [0.1, 0.15) is 17.9 Å². The number of methoxy groups -OCH3 is 1. The number of rotatable bonds is 8. The minimum atomic E-state index is -0.374. The summed E-state index contributed by atoms with van der Waals surface area (Å²) in [4.78, 5) is 11.9. The van der Waals surface area contributed by atoms with Crippen LogP contribution in [0.3, 0.4) is 0 Å². The molecular weight excluding hydrogens is 324 g/mol. The molecule has 2 rings (SSSR count). The van der Waals surface area contributed by atoms with Gasteiger partial charge in [0.25, 0.3) is 0 Å². The lowest BCUT2D eigenvalue weighted by atomic mass is 10.2. The summed E-state index contributed by atoms with van der Waals surface area (Å²) in [7, 11) is 3.64. The number of hydrogen-bond donors (Lipinski definition) is 1. The molecule has 8 heteroatoms. The van der Waals surface area contributed by atoms with E-state index in [4.69, 9.17) is 9.47 Å². The normalized spacial score (nSPS) is 12.0. The Hall–Kier alpha value is -2.61. The Bertz CT molecular complexity index is 757. The Morgan fingerprint density at radius 2 is 2.04 bits per heavy atom. The zero-order valence-electron chi connectivity index (χ0n) is 15.3. The van der Waals surface area contributed by atoms with Crippen molar-refractivity contribution in [3.05, 3.63) is 45.3 Å². The number of aryl methyl sites for hydroxylation is 1. The van der Waals surface area contributed by atoms with Crippen molar-refractivity contribution in [2.24, 2.45) is 0 Å². The van der Waals surface area contributed by atoms with Crippen LogP contribution in [0.2, 0.25) is 0 Å². The number of ether oxygens (including phenoxy) is 2. The largest absolute Gasteiger partial charge is 0.493 e. The van der Waals surface area contributed by atoms with E-state index in [0.29, 0.717) is 30.4 Å². The van der Waals surface area contributed by atoms with E-state index in [9.17, 15) is 10.1 Å². The van der Waals surface area contributed by atoms with Crippen molar-refractivity contribution in [3.63, 3.8) is 0 Å². The molecule has 1 aromatic carbocycles. The van der Waals surface area contributed by atoms with Crippen LogP contribution in [-0.2, 0) is 13.2 Å².